The number of benzene rings is 1. The summed E-state index contributed by atoms with van der Waals surface area (Å²) in [5.74, 6) is 0.219. The SMILES string of the molecule is CC12CCC3c4ccc(OSN)cc4CCC3C1CCC21CC1.CCCCCN(C)CCCSCCCC(F)(F)C(F)(F)F. The highest BCUT2D eigenvalue weighted by molar-refractivity contribution is 7.99. The average molecular weight is 665 g/mol. The second-order valence-corrected chi connectivity index (χ2v) is 15.6. The van der Waals surface area contributed by atoms with Crippen LogP contribution < -0.4 is 9.32 Å². The first-order chi connectivity index (χ1) is 20.9. The van der Waals surface area contributed by atoms with Crippen molar-refractivity contribution in [1.82, 2.24) is 4.90 Å². The molecule has 0 saturated heterocycles. The quantitative estimate of drug-likeness (QED) is 0.0927. The van der Waals surface area contributed by atoms with Crippen molar-refractivity contribution in [2.45, 2.75) is 122 Å². The van der Waals surface area contributed by atoms with Crippen molar-refractivity contribution in [2.24, 2.45) is 27.8 Å². The smallest absolute Gasteiger partial charge is 0.410 e. The van der Waals surface area contributed by atoms with Gasteiger partial charge >= 0.3 is 12.1 Å². The summed E-state index contributed by atoms with van der Waals surface area (Å²) in [6.07, 6.45) is 9.39. The third kappa shape index (κ3) is 8.41. The summed E-state index contributed by atoms with van der Waals surface area (Å²) in [7, 11) is 2.05. The van der Waals surface area contributed by atoms with E-state index in [1.165, 1.54) is 88.0 Å². The molecule has 2 N–H and O–H groups in total. The fourth-order valence-corrected chi connectivity index (χ4v) is 9.79. The summed E-state index contributed by atoms with van der Waals surface area (Å²) in [5, 5.41) is 5.44. The predicted molar refractivity (Wildman–Crippen MR) is 174 cm³/mol. The lowest BCUT2D eigenvalue weighted by molar-refractivity contribution is -0.284. The van der Waals surface area contributed by atoms with Crippen LogP contribution in [0.1, 0.15) is 114 Å². The molecule has 0 aliphatic heterocycles. The topological polar surface area (TPSA) is 38.5 Å². The zero-order chi connectivity index (χ0) is 32.0. The Hall–Kier alpha value is -0.710. The molecule has 4 aliphatic carbocycles. The molecule has 4 atom stereocenters. The van der Waals surface area contributed by atoms with E-state index in [9.17, 15) is 22.0 Å². The summed E-state index contributed by atoms with van der Waals surface area (Å²) >= 11 is 2.39. The number of hydrogen-bond acceptors (Lipinski definition) is 5. The van der Waals surface area contributed by atoms with E-state index in [0.717, 1.165) is 66.4 Å². The van der Waals surface area contributed by atoms with E-state index in [-0.39, 0.29) is 6.42 Å². The van der Waals surface area contributed by atoms with Gasteiger partial charge in [0.1, 0.15) is 18.0 Å². The fourth-order valence-electron chi connectivity index (χ4n) is 8.69. The number of alkyl halides is 5. The van der Waals surface area contributed by atoms with E-state index >= 15 is 0 Å². The monoisotopic (exact) mass is 664 g/mol. The number of thioether (sulfide) groups is 1. The number of aryl methyl sites for hydroxylation is 1. The Kier molecular flexibility index (Phi) is 12.7. The van der Waals surface area contributed by atoms with Crippen molar-refractivity contribution < 1.29 is 26.1 Å². The van der Waals surface area contributed by atoms with Gasteiger partial charge in [-0.15, -0.1) is 0 Å². The summed E-state index contributed by atoms with van der Waals surface area (Å²) in [6.45, 7) is 6.80. The van der Waals surface area contributed by atoms with Gasteiger partial charge in [0.05, 0.1) is 0 Å². The standard InChI is InChI=1S/C20H27NOS.C14H26F5NS/c1-19-8-6-16-15-5-3-14(22-23-21)12-13(15)2-4-17(16)18(19)7-9-20(19)10-11-20;1-3-4-5-9-20(2)10-7-12-21-11-6-8-13(15,16)14(17,18)19/h3,5,12,16-18H,2,4,6-11,21H2,1H3;3-12H2,1-2H3. The molecule has 0 radical (unpaired) electrons. The molecule has 1 aromatic carbocycles. The highest BCUT2D eigenvalue weighted by Gasteiger charge is 2.66. The van der Waals surface area contributed by atoms with Crippen LogP contribution in [0.4, 0.5) is 22.0 Å². The van der Waals surface area contributed by atoms with Crippen molar-refractivity contribution in [1.29, 1.82) is 0 Å². The van der Waals surface area contributed by atoms with Crippen LogP contribution in [0.15, 0.2) is 18.2 Å². The van der Waals surface area contributed by atoms with Gasteiger partial charge in [-0.05, 0) is 154 Å². The lowest BCUT2D eigenvalue weighted by Gasteiger charge is -2.51. The van der Waals surface area contributed by atoms with Crippen molar-refractivity contribution in [3.8, 4) is 5.75 Å². The molecule has 1 aromatic rings. The lowest BCUT2D eigenvalue weighted by Crippen LogP contribution is -2.42. The first-order valence-electron chi connectivity index (χ1n) is 16.7. The van der Waals surface area contributed by atoms with Crippen LogP contribution in [-0.2, 0) is 6.42 Å². The number of fused-ring (bicyclic) bond motifs is 6. The van der Waals surface area contributed by atoms with Crippen molar-refractivity contribution in [2.75, 3.05) is 31.6 Å². The van der Waals surface area contributed by atoms with Gasteiger partial charge in [0, 0.05) is 6.42 Å². The van der Waals surface area contributed by atoms with Gasteiger partial charge in [-0.25, -0.2) is 5.14 Å². The Morgan fingerprint density at radius 2 is 1.68 bits per heavy atom. The molecule has 0 bridgehead atoms. The number of rotatable bonds is 14. The van der Waals surface area contributed by atoms with Crippen LogP contribution in [-0.4, -0.2) is 48.6 Å². The molecule has 3 nitrogen and oxygen atoms in total. The minimum absolute atomic E-state index is 0.108. The van der Waals surface area contributed by atoms with Crippen molar-refractivity contribution in [3.63, 3.8) is 0 Å². The first-order valence-corrected chi connectivity index (χ1v) is 18.7. The van der Waals surface area contributed by atoms with E-state index in [0.29, 0.717) is 11.2 Å². The number of nitrogens with zero attached hydrogens (tertiary/aromatic N) is 1. The van der Waals surface area contributed by atoms with Crippen LogP contribution in [0.3, 0.4) is 0 Å². The average Bonchev–Trinajstić information content (AvgIpc) is 3.71. The number of hydrogen-bond donors (Lipinski definition) is 1. The van der Waals surface area contributed by atoms with Gasteiger partial charge in [-0.2, -0.15) is 33.7 Å². The highest BCUT2D eigenvalue weighted by Crippen LogP contribution is 2.75. The van der Waals surface area contributed by atoms with E-state index in [1.807, 2.05) is 7.05 Å². The summed E-state index contributed by atoms with van der Waals surface area (Å²) in [4.78, 5) is 2.23. The predicted octanol–water partition coefficient (Wildman–Crippen LogP) is 10.4. The Bertz CT molecular complexity index is 1050. The Morgan fingerprint density at radius 1 is 0.955 bits per heavy atom. The number of nitrogens with two attached hydrogens (primary N) is 1. The molecule has 4 aliphatic rings. The summed E-state index contributed by atoms with van der Waals surface area (Å²) in [6, 6.07) is 6.68. The number of unbranched alkanes of at least 4 members (excludes halogenated alkanes) is 2. The normalized spacial score (nSPS) is 26.9. The third-order valence-corrected chi connectivity index (χ3v) is 12.8. The molecule has 3 saturated carbocycles. The maximum absolute atomic E-state index is 12.6. The minimum atomic E-state index is -5.42. The van der Waals surface area contributed by atoms with Gasteiger partial charge in [0.2, 0.25) is 0 Å². The lowest BCUT2D eigenvalue weighted by atomic mass is 9.53. The second kappa shape index (κ2) is 15.5. The molecule has 44 heavy (non-hydrogen) atoms. The Balaban J connectivity index is 0.000000203. The molecule has 10 heteroatoms. The van der Waals surface area contributed by atoms with Gasteiger partial charge < -0.3 is 9.08 Å². The van der Waals surface area contributed by atoms with Crippen LogP contribution in [0.25, 0.3) is 0 Å². The maximum Gasteiger partial charge on any atom is 0.453 e. The van der Waals surface area contributed by atoms with E-state index < -0.39 is 18.5 Å². The van der Waals surface area contributed by atoms with Crippen LogP contribution >= 0.6 is 24.0 Å². The molecule has 0 heterocycles. The van der Waals surface area contributed by atoms with E-state index in [4.69, 9.17) is 9.32 Å². The molecule has 3 fully saturated rings. The Morgan fingerprint density at radius 3 is 2.36 bits per heavy atom. The zero-order valence-electron chi connectivity index (χ0n) is 26.8. The number of halogens is 5. The highest BCUT2D eigenvalue weighted by atomic mass is 32.2. The van der Waals surface area contributed by atoms with Gasteiger partial charge in [0.15, 0.2) is 0 Å². The fraction of sp³-hybridized carbons (Fsp3) is 0.824. The van der Waals surface area contributed by atoms with Gasteiger partial charge in [-0.3, -0.25) is 0 Å². The first kappa shape index (κ1) is 36.1. The van der Waals surface area contributed by atoms with Crippen LogP contribution in [0.5, 0.6) is 5.75 Å². The third-order valence-electron chi connectivity index (χ3n) is 11.4. The van der Waals surface area contributed by atoms with E-state index in [1.54, 1.807) is 5.56 Å². The van der Waals surface area contributed by atoms with Crippen LogP contribution in [0.2, 0.25) is 0 Å². The summed E-state index contributed by atoms with van der Waals surface area (Å²) in [5.41, 5.74) is 4.55. The molecule has 1 spiro atoms. The molecular formula is C34H53F5N2OS2. The molecule has 0 amide bonds. The summed E-state index contributed by atoms with van der Waals surface area (Å²) < 4.78 is 66.4. The molecular weight excluding hydrogens is 612 g/mol. The van der Waals surface area contributed by atoms with Crippen molar-refractivity contribution in [3.05, 3.63) is 29.3 Å². The molecule has 4 unspecified atom stereocenters. The maximum atomic E-state index is 12.6. The van der Waals surface area contributed by atoms with E-state index in [2.05, 4.69) is 36.9 Å². The molecule has 5 rings (SSSR count). The molecule has 0 aromatic heterocycles. The Labute approximate surface area is 270 Å². The van der Waals surface area contributed by atoms with Crippen molar-refractivity contribution >= 4 is 24.0 Å². The zero-order valence-corrected chi connectivity index (χ0v) is 28.5. The van der Waals surface area contributed by atoms with Gasteiger partial charge in [-0.1, -0.05) is 32.8 Å². The largest absolute Gasteiger partial charge is 0.453 e. The van der Waals surface area contributed by atoms with Crippen LogP contribution in [0, 0.1) is 22.7 Å². The minimum Gasteiger partial charge on any atom is -0.410 e. The molecule has 252 valence electrons. The second-order valence-electron chi connectivity index (χ2n) is 14.0. The van der Waals surface area contributed by atoms with Gasteiger partial charge in [0.25, 0.3) is 0 Å².